The third-order valence-corrected chi connectivity index (χ3v) is 2.91. The van der Waals surface area contributed by atoms with Crippen molar-refractivity contribution in [3.63, 3.8) is 0 Å². The summed E-state index contributed by atoms with van der Waals surface area (Å²) in [7, 11) is 0. The fraction of sp³-hybridized carbons (Fsp3) is 0.0714. The second-order valence-electron chi connectivity index (χ2n) is 4.10. The van der Waals surface area contributed by atoms with Gasteiger partial charge in [-0.2, -0.15) is 8.78 Å². The first-order valence-corrected chi connectivity index (χ1v) is 6.25. The molecule has 0 saturated heterocycles. The number of benzene rings is 2. The molecule has 0 aliphatic rings. The first-order chi connectivity index (χ1) is 9.95. The lowest BCUT2D eigenvalue weighted by Crippen LogP contribution is -2.12. The fourth-order valence-corrected chi connectivity index (χ4v) is 1.80. The Morgan fingerprint density at radius 1 is 1.24 bits per heavy atom. The van der Waals surface area contributed by atoms with Crippen LogP contribution in [0.15, 0.2) is 42.5 Å². The van der Waals surface area contributed by atoms with Crippen LogP contribution in [0.1, 0.15) is 10.4 Å². The summed E-state index contributed by atoms with van der Waals surface area (Å²) in [5.74, 6) is -0.482. The summed E-state index contributed by atoms with van der Waals surface area (Å²) < 4.78 is 28.5. The molecule has 2 aromatic carbocycles. The third-order valence-electron chi connectivity index (χ3n) is 2.58. The van der Waals surface area contributed by atoms with Gasteiger partial charge in [0.1, 0.15) is 5.75 Å². The number of hydrogen-bond donors (Lipinski definition) is 2. The van der Waals surface area contributed by atoms with E-state index in [1.54, 1.807) is 6.07 Å². The molecule has 0 saturated carbocycles. The van der Waals surface area contributed by atoms with Gasteiger partial charge in [0.15, 0.2) is 0 Å². The predicted octanol–water partition coefficient (Wildman–Crippen LogP) is 3.78. The summed E-state index contributed by atoms with van der Waals surface area (Å²) in [4.78, 5) is 12.0. The van der Waals surface area contributed by atoms with Crippen molar-refractivity contribution in [3.8, 4) is 5.75 Å². The van der Waals surface area contributed by atoms with Crippen LogP contribution < -0.4 is 15.8 Å². The number of hydrogen-bond acceptors (Lipinski definition) is 3. The Kier molecular flexibility index (Phi) is 4.59. The van der Waals surface area contributed by atoms with E-state index < -0.39 is 12.5 Å². The minimum absolute atomic E-state index is 0.0434. The van der Waals surface area contributed by atoms with Gasteiger partial charge in [-0.3, -0.25) is 4.79 Å². The van der Waals surface area contributed by atoms with Gasteiger partial charge in [-0.05, 0) is 30.3 Å². The number of alkyl halides is 2. The van der Waals surface area contributed by atoms with Crippen molar-refractivity contribution in [2.45, 2.75) is 6.61 Å². The van der Waals surface area contributed by atoms with Crippen LogP contribution in [0.25, 0.3) is 0 Å². The van der Waals surface area contributed by atoms with Gasteiger partial charge in [-0.25, -0.2) is 0 Å². The first-order valence-electron chi connectivity index (χ1n) is 5.87. The van der Waals surface area contributed by atoms with Gasteiger partial charge < -0.3 is 15.8 Å². The number of nitrogens with one attached hydrogen (secondary N) is 1. The molecule has 3 N–H and O–H groups in total. The molecule has 0 unspecified atom stereocenters. The summed E-state index contributed by atoms with van der Waals surface area (Å²) in [6.07, 6.45) is 0. The van der Waals surface area contributed by atoms with E-state index in [2.05, 4.69) is 10.1 Å². The quantitative estimate of drug-likeness (QED) is 0.845. The largest absolute Gasteiger partial charge is 0.435 e. The smallest absolute Gasteiger partial charge is 0.387 e. The Bertz CT molecular complexity index is 665. The van der Waals surface area contributed by atoms with Crippen LogP contribution in [0.3, 0.4) is 0 Å². The van der Waals surface area contributed by atoms with Gasteiger partial charge in [-0.1, -0.05) is 17.7 Å². The Balaban J connectivity index is 2.13. The molecule has 0 atom stereocenters. The molecule has 0 fully saturated rings. The molecule has 7 heteroatoms. The van der Waals surface area contributed by atoms with Crippen molar-refractivity contribution < 1.29 is 18.3 Å². The minimum atomic E-state index is -2.92. The summed E-state index contributed by atoms with van der Waals surface area (Å²) >= 11 is 5.84. The van der Waals surface area contributed by atoms with Gasteiger partial charge in [-0.15, -0.1) is 0 Å². The van der Waals surface area contributed by atoms with Crippen LogP contribution in [0.5, 0.6) is 5.75 Å². The topological polar surface area (TPSA) is 64.4 Å². The molecule has 0 aliphatic carbocycles. The van der Waals surface area contributed by atoms with Crippen molar-refractivity contribution in [2.75, 3.05) is 11.1 Å². The number of halogens is 3. The molecule has 0 radical (unpaired) electrons. The van der Waals surface area contributed by atoms with Gasteiger partial charge in [0, 0.05) is 17.3 Å². The average Bonchev–Trinajstić information content (AvgIpc) is 2.41. The number of nitrogen functional groups attached to an aromatic ring is 1. The van der Waals surface area contributed by atoms with E-state index in [1.807, 2.05) is 0 Å². The van der Waals surface area contributed by atoms with Crippen LogP contribution in [0, 0.1) is 0 Å². The van der Waals surface area contributed by atoms with Crippen molar-refractivity contribution in [3.05, 3.63) is 53.1 Å². The van der Waals surface area contributed by atoms with E-state index in [4.69, 9.17) is 17.3 Å². The SMILES string of the molecule is Nc1ccc(C(=O)Nc2cccc(OC(F)F)c2)cc1Cl. The van der Waals surface area contributed by atoms with E-state index in [0.29, 0.717) is 16.9 Å². The maximum atomic E-state index is 12.1. The Morgan fingerprint density at radius 2 is 2.00 bits per heavy atom. The average molecular weight is 313 g/mol. The van der Waals surface area contributed by atoms with Gasteiger partial charge in [0.05, 0.1) is 10.7 Å². The lowest BCUT2D eigenvalue weighted by molar-refractivity contribution is -0.0497. The van der Waals surface area contributed by atoms with E-state index >= 15 is 0 Å². The molecule has 1 amide bonds. The number of ether oxygens (including phenoxy) is 1. The molecule has 2 aromatic rings. The first kappa shape index (κ1) is 15.1. The van der Waals surface area contributed by atoms with E-state index in [0.717, 1.165) is 0 Å². The van der Waals surface area contributed by atoms with Crippen molar-refractivity contribution in [1.29, 1.82) is 0 Å². The van der Waals surface area contributed by atoms with Crippen LogP contribution in [0.4, 0.5) is 20.2 Å². The molecule has 2 rings (SSSR count). The highest BCUT2D eigenvalue weighted by Gasteiger charge is 2.10. The fourth-order valence-electron chi connectivity index (χ4n) is 1.62. The van der Waals surface area contributed by atoms with Gasteiger partial charge >= 0.3 is 6.61 Å². The number of rotatable bonds is 4. The third kappa shape index (κ3) is 4.06. The van der Waals surface area contributed by atoms with Crippen molar-refractivity contribution >= 4 is 28.9 Å². The molecule has 0 spiro atoms. The van der Waals surface area contributed by atoms with E-state index in [1.165, 1.54) is 36.4 Å². The maximum Gasteiger partial charge on any atom is 0.387 e. The second kappa shape index (κ2) is 6.41. The normalized spacial score (nSPS) is 10.5. The lowest BCUT2D eigenvalue weighted by atomic mass is 10.2. The number of nitrogens with two attached hydrogens (primary N) is 1. The molecule has 0 aliphatic heterocycles. The minimum Gasteiger partial charge on any atom is -0.435 e. The molecule has 0 bridgehead atoms. The second-order valence-corrected chi connectivity index (χ2v) is 4.50. The zero-order valence-electron chi connectivity index (χ0n) is 10.6. The zero-order chi connectivity index (χ0) is 15.4. The Hall–Kier alpha value is -2.34. The Morgan fingerprint density at radius 3 is 2.67 bits per heavy atom. The van der Waals surface area contributed by atoms with Crippen molar-refractivity contribution in [2.24, 2.45) is 0 Å². The van der Waals surface area contributed by atoms with E-state index in [9.17, 15) is 13.6 Å². The number of anilines is 2. The van der Waals surface area contributed by atoms with Crippen LogP contribution in [-0.2, 0) is 0 Å². The van der Waals surface area contributed by atoms with Crippen LogP contribution >= 0.6 is 11.6 Å². The standard InChI is InChI=1S/C14H11ClF2N2O2/c15-11-6-8(4-5-12(11)18)13(20)19-9-2-1-3-10(7-9)21-14(16)17/h1-7,14H,18H2,(H,19,20). The van der Waals surface area contributed by atoms with Gasteiger partial charge in [0.2, 0.25) is 0 Å². The highest BCUT2D eigenvalue weighted by atomic mass is 35.5. The van der Waals surface area contributed by atoms with Gasteiger partial charge in [0.25, 0.3) is 5.91 Å². The molecular weight excluding hydrogens is 302 g/mol. The summed E-state index contributed by atoms with van der Waals surface area (Å²) in [6.45, 7) is -2.92. The summed E-state index contributed by atoms with van der Waals surface area (Å²) in [5, 5.41) is 2.82. The molecule has 110 valence electrons. The summed E-state index contributed by atoms with van der Waals surface area (Å²) in [6, 6.07) is 10.1. The molecule has 4 nitrogen and oxygen atoms in total. The number of amides is 1. The van der Waals surface area contributed by atoms with E-state index in [-0.39, 0.29) is 10.8 Å². The number of carbonyl (C=O) groups excluding carboxylic acids is 1. The predicted molar refractivity (Wildman–Crippen MR) is 76.9 cm³/mol. The van der Waals surface area contributed by atoms with Crippen LogP contribution in [0.2, 0.25) is 5.02 Å². The van der Waals surface area contributed by atoms with Crippen molar-refractivity contribution in [1.82, 2.24) is 0 Å². The number of carbonyl (C=O) groups is 1. The van der Waals surface area contributed by atoms with Crippen LogP contribution in [-0.4, -0.2) is 12.5 Å². The maximum absolute atomic E-state index is 12.1. The zero-order valence-corrected chi connectivity index (χ0v) is 11.4. The molecule has 21 heavy (non-hydrogen) atoms. The lowest BCUT2D eigenvalue weighted by Gasteiger charge is -2.09. The highest BCUT2D eigenvalue weighted by molar-refractivity contribution is 6.33. The monoisotopic (exact) mass is 312 g/mol. The summed E-state index contributed by atoms with van der Waals surface area (Å²) in [5.41, 5.74) is 6.54. The Labute approximate surface area is 124 Å². The molecule has 0 aromatic heterocycles. The molecule has 0 heterocycles. The highest BCUT2D eigenvalue weighted by Crippen LogP contribution is 2.22. The molecular formula is C14H11ClF2N2O2.